The Labute approximate surface area is 112 Å². The number of rotatable bonds is 4. The fourth-order valence-corrected chi connectivity index (χ4v) is 3.80. The first-order valence-corrected chi connectivity index (χ1v) is 7.36. The Hall–Kier alpha value is -0.820. The summed E-state index contributed by atoms with van der Waals surface area (Å²) in [5.41, 5.74) is 9.74. The smallest absolute Gasteiger partial charge is 0.0354 e. The highest BCUT2D eigenvalue weighted by molar-refractivity contribution is 5.30. The van der Waals surface area contributed by atoms with Crippen molar-refractivity contribution in [2.24, 2.45) is 17.1 Å². The van der Waals surface area contributed by atoms with Crippen LogP contribution in [0.1, 0.15) is 63.1 Å². The summed E-state index contributed by atoms with van der Waals surface area (Å²) in [6, 6.07) is 8.85. The molecule has 1 aliphatic rings. The number of hydrogen-bond acceptors (Lipinski definition) is 1. The van der Waals surface area contributed by atoms with Crippen molar-refractivity contribution < 1.29 is 0 Å². The predicted octanol–water partition coefficient (Wildman–Crippen LogP) is 4.60. The van der Waals surface area contributed by atoms with Gasteiger partial charge < -0.3 is 5.73 Å². The third-order valence-electron chi connectivity index (χ3n) is 4.60. The average Bonchev–Trinajstić information content (AvgIpc) is 2.77. The Bertz CT molecular complexity index is 388. The average molecular weight is 245 g/mol. The third-order valence-corrected chi connectivity index (χ3v) is 4.60. The lowest BCUT2D eigenvalue weighted by Crippen LogP contribution is -2.34. The van der Waals surface area contributed by atoms with Gasteiger partial charge >= 0.3 is 0 Å². The Morgan fingerprint density at radius 1 is 1.17 bits per heavy atom. The summed E-state index contributed by atoms with van der Waals surface area (Å²) in [7, 11) is 0. The van der Waals surface area contributed by atoms with Gasteiger partial charge in [-0.15, -0.1) is 0 Å². The van der Waals surface area contributed by atoms with E-state index in [9.17, 15) is 0 Å². The molecule has 1 aromatic carbocycles. The van der Waals surface area contributed by atoms with E-state index in [-0.39, 0.29) is 6.04 Å². The second-order valence-electron chi connectivity index (χ2n) is 6.50. The van der Waals surface area contributed by atoms with Crippen LogP contribution in [0.15, 0.2) is 24.3 Å². The van der Waals surface area contributed by atoms with Gasteiger partial charge in [0.2, 0.25) is 0 Å². The van der Waals surface area contributed by atoms with E-state index in [1.165, 1.54) is 43.2 Å². The second-order valence-corrected chi connectivity index (χ2v) is 6.50. The maximum Gasteiger partial charge on any atom is 0.0354 e. The van der Waals surface area contributed by atoms with Crippen LogP contribution in [0.3, 0.4) is 0 Å². The molecule has 0 saturated heterocycles. The molecule has 1 fully saturated rings. The largest absolute Gasteiger partial charge is 0.323 e. The van der Waals surface area contributed by atoms with Crippen LogP contribution in [0.2, 0.25) is 0 Å². The zero-order valence-electron chi connectivity index (χ0n) is 12.1. The molecule has 1 atom stereocenters. The lowest BCUT2D eigenvalue weighted by Gasteiger charge is -2.38. The fraction of sp³-hybridized carbons (Fsp3) is 0.647. The van der Waals surface area contributed by atoms with E-state index < -0.39 is 0 Å². The summed E-state index contributed by atoms with van der Waals surface area (Å²) in [6.07, 6.45) is 6.59. The van der Waals surface area contributed by atoms with E-state index in [2.05, 4.69) is 45.0 Å². The van der Waals surface area contributed by atoms with Crippen molar-refractivity contribution >= 4 is 0 Å². The molecule has 2 N–H and O–H groups in total. The Balaban J connectivity index is 2.29. The molecule has 100 valence electrons. The molecule has 1 saturated carbocycles. The van der Waals surface area contributed by atoms with Crippen molar-refractivity contribution in [2.75, 3.05) is 0 Å². The Morgan fingerprint density at radius 3 is 2.33 bits per heavy atom. The molecule has 1 aliphatic carbocycles. The molecule has 0 aliphatic heterocycles. The lowest BCUT2D eigenvalue weighted by atomic mass is 9.70. The minimum Gasteiger partial charge on any atom is -0.323 e. The molecule has 0 radical (unpaired) electrons. The van der Waals surface area contributed by atoms with Crippen molar-refractivity contribution in [2.45, 2.75) is 58.9 Å². The first-order valence-electron chi connectivity index (χ1n) is 7.36. The summed E-state index contributed by atoms with van der Waals surface area (Å²) in [4.78, 5) is 0. The zero-order chi connectivity index (χ0) is 13.2. The molecule has 0 heterocycles. The first kappa shape index (κ1) is 13.6. The van der Waals surface area contributed by atoms with Crippen LogP contribution in [0, 0.1) is 18.3 Å². The SMILES string of the molecule is Cc1ccccc1C(N)C1(CC(C)C)CCCC1. The zero-order valence-corrected chi connectivity index (χ0v) is 12.1. The maximum atomic E-state index is 6.68. The molecule has 0 amide bonds. The first-order chi connectivity index (χ1) is 8.55. The molecule has 0 spiro atoms. The predicted molar refractivity (Wildman–Crippen MR) is 78.5 cm³/mol. The highest BCUT2D eigenvalue weighted by Crippen LogP contribution is 2.50. The summed E-state index contributed by atoms with van der Waals surface area (Å²) >= 11 is 0. The molecule has 0 aromatic heterocycles. The van der Waals surface area contributed by atoms with Gasteiger partial charge in [0.05, 0.1) is 0 Å². The standard InChI is InChI=1S/C17H27N/c1-13(2)12-17(10-6-7-11-17)16(18)15-9-5-4-8-14(15)3/h4-5,8-9,13,16H,6-7,10-12,18H2,1-3H3. The van der Waals surface area contributed by atoms with Crippen molar-refractivity contribution in [3.63, 3.8) is 0 Å². The topological polar surface area (TPSA) is 26.0 Å². The fourth-order valence-electron chi connectivity index (χ4n) is 3.80. The van der Waals surface area contributed by atoms with Gasteiger partial charge in [0, 0.05) is 6.04 Å². The summed E-state index contributed by atoms with van der Waals surface area (Å²) in [5.74, 6) is 0.734. The highest BCUT2D eigenvalue weighted by atomic mass is 14.7. The van der Waals surface area contributed by atoms with E-state index in [0.717, 1.165) is 5.92 Å². The van der Waals surface area contributed by atoms with Gasteiger partial charge in [-0.05, 0) is 48.6 Å². The number of nitrogens with two attached hydrogens (primary N) is 1. The van der Waals surface area contributed by atoms with Gasteiger partial charge in [0.1, 0.15) is 0 Å². The molecule has 1 unspecified atom stereocenters. The highest BCUT2D eigenvalue weighted by Gasteiger charge is 2.40. The Kier molecular flexibility index (Phi) is 4.11. The number of benzene rings is 1. The third kappa shape index (κ3) is 2.61. The normalized spacial score (nSPS) is 20.3. The van der Waals surface area contributed by atoms with Crippen LogP contribution in [0.5, 0.6) is 0 Å². The van der Waals surface area contributed by atoms with E-state index in [0.29, 0.717) is 5.41 Å². The molecule has 18 heavy (non-hydrogen) atoms. The van der Waals surface area contributed by atoms with Gasteiger partial charge in [-0.25, -0.2) is 0 Å². The Morgan fingerprint density at radius 2 is 1.78 bits per heavy atom. The summed E-state index contributed by atoms with van der Waals surface area (Å²) in [6.45, 7) is 6.84. The van der Waals surface area contributed by atoms with Crippen molar-refractivity contribution in [1.82, 2.24) is 0 Å². The van der Waals surface area contributed by atoms with Crippen molar-refractivity contribution in [3.8, 4) is 0 Å². The van der Waals surface area contributed by atoms with Crippen molar-refractivity contribution in [3.05, 3.63) is 35.4 Å². The molecule has 0 bridgehead atoms. The van der Waals surface area contributed by atoms with Crippen molar-refractivity contribution in [1.29, 1.82) is 0 Å². The van der Waals surface area contributed by atoms with Crippen LogP contribution in [0.4, 0.5) is 0 Å². The van der Waals surface area contributed by atoms with Gasteiger partial charge in [-0.1, -0.05) is 51.0 Å². The van der Waals surface area contributed by atoms with Gasteiger partial charge in [0.15, 0.2) is 0 Å². The second kappa shape index (κ2) is 5.44. The molecule has 2 rings (SSSR count). The van der Waals surface area contributed by atoms with Crippen LogP contribution in [0.25, 0.3) is 0 Å². The minimum atomic E-state index is 0.212. The quantitative estimate of drug-likeness (QED) is 0.824. The maximum absolute atomic E-state index is 6.68. The molecular weight excluding hydrogens is 218 g/mol. The lowest BCUT2D eigenvalue weighted by molar-refractivity contribution is 0.183. The molecule has 1 heteroatoms. The number of hydrogen-bond donors (Lipinski definition) is 1. The number of aryl methyl sites for hydroxylation is 1. The van der Waals surface area contributed by atoms with E-state index in [1.54, 1.807) is 0 Å². The van der Waals surface area contributed by atoms with E-state index in [1.807, 2.05) is 0 Å². The van der Waals surface area contributed by atoms with E-state index >= 15 is 0 Å². The van der Waals surface area contributed by atoms with Gasteiger partial charge in [-0.2, -0.15) is 0 Å². The van der Waals surface area contributed by atoms with Crippen LogP contribution >= 0.6 is 0 Å². The summed E-state index contributed by atoms with van der Waals surface area (Å²) in [5, 5.41) is 0. The van der Waals surface area contributed by atoms with Gasteiger partial charge in [-0.3, -0.25) is 0 Å². The monoisotopic (exact) mass is 245 g/mol. The molecular formula is C17H27N. The van der Waals surface area contributed by atoms with Crippen LogP contribution in [-0.2, 0) is 0 Å². The molecule has 1 nitrogen and oxygen atoms in total. The van der Waals surface area contributed by atoms with Gasteiger partial charge in [0.25, 0.3) is 0 Å². The van der Waals surface area contributed by atoms with Crippen LogP contribution in [-0.4, -0.2) is 0 Å². The minimum absolute atomic E-state index is 0.212. The van der Waals surface area contributed by atoms with Crippen LogP contribution < -0.4 is 5.73 Å². The summed E-state index contributed by atoms with van der Waals surface area (Å²) < 4.78 is 0. The molecule has 1 aromatic rings. The van der Waals surface area contributed by atoms with E-state index in [4.69, 9.17) is 5.73 Å².